The second kappa shape index (κ2) is 11.1. The molecule has 2 aromatic carbocycles. The molecule has 0 atom stereocenters. The van der Waals surface area contributed by atoms with Crippen LogP contribution >= 0.6 is 15.9 Å². The fraction of sp³-hybridized carbons (Fsp3) is 0.318. The SMILES string of the molecule is COCOc1ccc(-c2c(CBr)c3ccc(OCOC)cc3oc2=O)c(OCOC)c1. The van der Waals surface area contributed by atoms with Gasteiger partial charge in [0.1, 0.15) is 22.8 Å². The normalized spacial score (nSPS) is 11.0. The van der Waals surface area contributed by atoms with E-state index in [0.717, 1.165) is 10.9 Å². The molecule has 0 bridgehead atoms. The molecule has 0 aliphatic rings. The highest BCUT2D eigenvalue weighted by Gasteiger charge is 2.20. The largest absolute Gasteiger partial charge is 0.467 e. The van der Waals surface area contributed by atoms with E-state index in [0.29, 0.717) is 39.3 Å². The van der Waals surface area contributed by atoms with E-state index >= 15 is 0 Å². The minimum atomic E-state index is -0.501. The number of fused-ring (bicyclic) bond motifs is 1. The van der Waals surface area contributed by atoms with Crippen LogP contribution in [0.5, 0.6) is 17.2 Å². The van der Waals surface area contributed by atoms with E-state index in [9.17, 15) is 4.79 Å². The number of halogens is 1. The lowest BCUT2D eigenvalue weighted by atomic mass is 9.98. The topological polar surface area (TPSA) is 85.6 Å². The molecule has 31 heavy (non-hydrogen) atoms. The number of rotatable bonds is 11. The van der Waals surface area contributed by atoms with Crippen LogP contribution in [-0.4, -0.2) is 41.7 Å². The first-order chi connectivity index (χ1) is 15.1. The van der Waals surface area contributed by atoms with E-state index in [1.807, 2.05) is 6.07 Å². The Morgan fingerprint density at radius 2 is 1.45 bits per heavy atom. The van der Waals surface area contributed by atoms with Crippen LogP contribution in [-0.2, 0) is 19.5 Å². The van der Waals surface area contributed by atoms with Crippen LogP contribution in [0.25, 0.3) is 22.1 Å². The van der Waals surface area contributed by atoms with Gasteiger partial charge in [0.05, 0.1) is 5.56 Å². The monoisotopic (exact) mass is 494 g/mol. The molecular weight excluding hydrogens is 472 g/mol. The van der Waals surface area contributed by atoms with Gasteiger partial charge in [0, 0.05) is 49.7 Å². The van der Waals surface area contributed by atoms with Crippen molar-refractivity contribution < 1.29 is 32.8 Å². The fourth-order valence-corrected chi connectivity index (χ4v) is 3.62. The Hall–Kier alpha value is -2.59. The van der Waals surface area contributed by atoms with Crippen molar-refractivity contribution in [2.75, 3.05) is 41.7 Å². The number of hydrogen-bond donors (Lipinski definition) is 0. The molecule has 0 amide bonds. The maximum absolute atomic E-state index is 13.0. The predicted octanol–water partition coefficient (Wildman–Crippen LogP) is 4.30. The summed E-state index contributed by atoms with van der Waals surface area (Å²) in [6.45, 7) is 0.182. The van der Waals surface area contributed by atoms with Gasteiger partial charge < -0.3 is 32.8 Å². The second-order valence-corrected chi connectivity index (χ2v) is 6.91. The van der Waals surface area contributed by atoms with Crippen molar-refractivity contribution in [2.45, 2.75) is 5.33 Å². The van der Waals surface area contributed by atoms with Crippen molar-refractivity contribution in [3.63, 3.8) is 0 Å². The number of ether oxygens (including phenoxy) is 6. The summed E-state index contributed by atoms with van der Waals surface area (Å²) >= 11 is 3.51. The summed E-state index contributed by atoms with van der Waals surface area (Å²) < 4.78 is 37.2. The summed E-state index contributed by atoms with van der Waals surface area (Å²) in [6.07, 6.45) is 0. The molecule has 0 N–H and O–H groups in total. The molecule has 0 unspecified atom stereocenters. The quantitative estimate of drug-likeness (QED) is 0.221. The Balaban J connectivity index is 2.14. The molecule has 0 radical (unpaired) electrons. The molecule has 3 rings (SSSR count). The summed E-state index contributed by atoms with van der Waals surface area (Å²) in [7, 11) is 4.58. The molecular formula is C22H23BrO8. The molecule has 9 heteroatoms. The van der Waals surface area contributed by atoms with Crippen LogP contribution in [0, 0.1) is 0 Å². The molecule has 1 heterocycles. The second-order valence-electron chi connectivity index (χ2n) is 6.35. The highest BCUT2D eigenvalue weighted by molar-refractivity contribution is 9.08. The zero-order valence-electron chi connectivity index (χ0n) is 17.4. The van der Waals surface area contributed by atoms with Gasteiger partial charge in [-0.3, -0.25) is 0 Å². The van der Waals surface area contributed by atoms with Crippen LogP contribution in [0.2, 0.25) is 0 Å². The van der Waals surface area contributed by atoms with Gasteiger partial charge in [-0.1, -0.05) is 15.9 Å². The van der Waals surface area contributed by atoms with E-state index in [4.69, 9.17) is 32.8 Å². The molecule has 0 aliphatic carbocycles. The summed E-state index contributed by atoms with van der Waals surface area (Å²) in [4.78, 5) is 13.0. The van der Waals surface area contributed by atoms with Gasteiger partial charge in [0.25, 0.3) is 0 Å². The first kappa shape index (κ1) is 23.1. The van der Waals surface area contributed by atoms with Crippen LogP contribution in [0.3, 0.4) is 0 Å². The molecule has 0 aliphatic heterocycles. The highest BCUT2D eigenvalue weighted by Crippen LogP contribution is 2.37. The van der Waals surface area contributed by atoms with Crippen LogP contribution < -0.4 is 19.8 Å². The highest BCUT2D eigenvalue weighted by atomic mass is 79.9. The van der Waals surface area contributed by atoms with Crippen LogP contribution in [0.1, 0.15) is 5.56 Å². The molecule has 3 aromatic rings. The Labute approximate surface area is 187 Å². The Morgan fingerprint density at radius 1 is 0.839 bits per heavy atom. The van der Waals surface area contributed by atoms with E-state index in [1.165, 1.54) is 21.3 Å². The number of benzene rings is 2. The van der Waals surface area contributed by atoms with E-state index < -0.39 is 5.63 Å². The minimum absolute atomic E-state index is 0.00346. The third-order valence-corrected chi connectivity index (χ3v) is 4.92. The van der Waals surface area contributed by atoms with Gasteiger partial charge in [-0.15, -0.1) is 0 Å². The molecule has 0 saturated heterocycles. The summed E-state index contributed by atoms with van der Waals surface area (Å²) in [5.74, 6) is 1.49. The zero-order valence-corrected chi connectivity index (χ0v) is 19.0. The molecule has 0 saturated carbocycles. The Bertz CT molecular complexity index is 1080. The molecule has 8 nitrogen and oxygen atoms in total. The Morgan fingerprint density at radius 3 is 2.10 bits per heavy atom. The van der Waals surface area contributed by atoms with Crippen LogP contribution in [0.15, 0.2) is 45.6 Å². The number of methoxy groups -OCH3 is 3. The standard InChI is InChI=1S/C22H23BrO8/c1-25-11-28-14-5-7-17(19(8-14)30-13-27-3)21-18(10-23)16-6-4-15(29-12-26-2)9-20(16)31-22(21)24/h4-9H,10-13H2,1-3H3. The van der Waals surface area contributed by atoms with Crippen molar-refractivity contribution in [3.8, 4) is 28.4 Å². The maximum Gasteiger partial charge on any atom is 0.344 e. The summed E-state index contributed by atoms with van der Waals surface area (Å²) in [5.41, 5.74) is 1.62. The lowest BCUT2D eigenvalue weighted by Crippen LogP contribution is -2.10. The Kier molecular flexibility index (Phi) is 8.30. The van der Waals surface area contributed by atoms with Crippen molar-refractivity contribution in [3.05, 3.63) is 52.4 Å². The van der Waals surface area contributed by atoms with Gasteiger partial charge >= 0.3 is 5.63 Å². The van der Waals surface area contributed by atoms with Gasteiger partial charge in [-0.25, -0.2) is 4.79 Å². The minimum Gasteiger partial charge on any atom is -0.467 e. The van der Waals surface area contributed by atoms with Gasteiger partial charge in [0.2, 0.25) is 0 Å². The van der Waals surface area contributed by atoms with Crippen molar-refractivity contribution in [1.82, 2.24) is 0 Å². The van der Waals surface area contributed by atoms with Crippen molar-refractivity contribution in [2.24, 2.45) is 0 Å². The summed E-state index contributed by atoms with van der Waals surface area (Å²) in [5, 5.41) is 1.20. The molecule has 1 aromatic heterocycles. The fourth-order valence-electron chi connectivity index (χ4n) is 3.04. The van der Waals surface area contributed by atoms with E-state index in [1.54, 1.807) is 30.3 Å². The smallest absolute Gasteiger partial charge is 0.344 e. The molecule has 0 fully saturated rings. The third kappa shape index (κ3) is 5.37. The molecule has 0 spiro atoms. The molecule has 166 valence electrons. The number of alkyl halides is 1. The lowest BCUT2D eigenvalue weighted by Gasteiger charge is -2.16. The first-order valence-electron chi connectivity index (χ1n) is 9.28. The van der Waals surface area contributed by atoms with Gasteiger partial charge in [-0.2, -0.15) is 0 Å². The lowest BCUT2D eigenvalue weighted by molar-refractivity contribution is 0.0463. The summed E-state index contributed by atoms with van der Waals surface area (Å²) in [6, 6.07) is 10.5. The van der Waals surface area contributed by atoms with E-state index in [2.05, 4.69) is 15.9 Å². The average molecular weight is 495 g/mol. The van der Waals surface area contributed by atoms with Gasteiger partial charge in [-0.05, 0) is 29.8 Å². The maximum atomic E-state index is 13.0. The van der Waals surface area contributed by atoms with Gasteiger partial charge in [0.15, 0.2) is 20.4 Å². The zero-order chi connectivity index (χ0) is 22.2. The number of hydrogen-bond acceptors (Lipinski definition) is 8. The third-order valence-electron chi connectivity index (χ3n) is 4.36. The van der Waals surface area contributed by atoms with Crippen molar-refractivity contribution in [1.29, 1.82) is 0 Å². The van der Waals surface area contributed by atoms with Crippen LogP contribution in [0.4, 0.5) is 0 Å². The van der Waals surface area contributed by atoms with Crippen molar-refractivity contribution >= 4 is 26.9 Å². The van der Waals surface area contributed by atoms with E-state index in [-0.39, 0.29) is 20.4 Å². The predicted molar refractivity (Wildman–Crippen MR) is 118 cm³/mol. The first-order valence-corrected chi connectivity index (χ1v) is 10.4. The average Bonchev–Trinajstić information content (AvgIpc) is 2.79.